The highest BCUT2D eigenvalue weighted by atomic mass is 16.7. The lowest BCUT2D eigenvalue weighted by Gasteiger charge is -2.49. The zero-order chi connectivity index (χ0) is 32.5. The molecule has 16 N–H and O–H groups in total. The quantitative estimate of drug-likeness (QED) is 0.0831. The van der Waals surface area contributed by atoms with Crippen LogP contribution in [0.3, 0.4) is 0 Å². The lowest BCUT2D eigenvalue weighted by Crippen LogP contribution is -2.67. The molecule has 2 heterocycles. The smallest absolute Gasteiger partial charge is 0.187 e. The second kappa shape index (κ2) is 14.8. The van der Waals surface area contributed by atoms with Gasteiger partial charge in [-0.2, -0.15) is 0 Å². The van der Waals surface area contributed by atoms with Gasteiger partial charge in [-0.15, -0.1) is 0 Å². The summed E-state index contributed by atoms with van der Waals surface area (Å²) in [4.78, 5) is 13.0. The average molecular weight is 641 g/mol. The molecule has 4 rings (SSSR count). The van der Waals surface area contributed by atoms with Gasteiger partial charge < -0.3 is 87.4 Å². The third-order valence-electron chi connectivity index (χ3n) is 9.10. The van der Waals surface area contributed by atoms with E-state index in [1.165, 1.54) is 0 Å². The van der Waals surface area contributed by atoms with E-state index in [2.05, 4.69) is 5.32 Å². The maximum atomic E-state index is 13.0. The number of ketones is 1. The van der Waals surface area contributed by atoms with Crippen molar-refractivity contribution in [2.45, 2.75) is 123 Å². The van der Waals surface area contributed by atoms with Gasteiger partial charge in [-0.3, -0.25) is 4.79 Å². The predicted octanol–water partition coefficient (Wildman–Crippen LogP) is -7.57. The molecule has 3 unspecified atom stereocenters. The molecule has 18 heteroatoms. The van der Waals surface area contributed by atoms with Crippen LogP contribution in [-0.2, 0) is 23.7 Å². The Kier molecular flexibility index (Phi) is 12.1. The van der Waals surface area contributed by atoms with Gasteiger partial charge in [-0.1, -0.05) is 0 Å². The van der Waals surface area contributed by atoms with Crippen LogP contribution < -0.4 is 22.5 Å². The van der Waals surface area contributed by atoms with Crippen LogP contribution in [0.5, 0.6) is 0 Å². The Labute approximate surface area is 253 Å². The summed E-state index contributed by atoms with van der Waals surface area (Å²) in [7, 11) is 0. The topological polar surface area (TPSA) is 326 Å². The van der Waals surface area contributed by atoms with Crippen LogP contribution in [0.15, 0.2) is 0 Å². The summed E-state index contributed by atoms with van der Waals surface area (Å²) in [6.45, 7) is -0.325. The maximum Gasteiger partial charge on any atom is 0.187 e. The fourth-order valence-corrected chi connectivity index (χ4v) is 6.11. The number of carbonyl (C=O) groups excluding carboxylic acids is 1. The highest BCUT2D eigenvalue weighted by molar-refractivity contribution is 5.91. The van der Waals surface area contributed by atoms with Gasteiger partial charge in [0.15, 0.2) is 18.4 Å². The average Bonchev–Trinajstić information content (AvgIpc) is 3.62. The molecule has 44 heavy (non-hydrogen) atoms. The van der Waals surface area contributed by atoms with E-state index in [0.29, 0.717) is 13.0 Å². The molecule has 17 atom stereocenters. The van der Waals surface area contributed by atoms with E-state index < -0.39 is 116 Å². The fourth-order valence-electron chi connectivity index (χ4n) is 6.11. The van der Waals surface area contributed by atoms with E-state index >= 15 is 0 Å². The van der Waals surface area contributed by atoms with E-state index in [0.717, 1.165) is 0 Å². The summed E-state index contributed by atoms with van der Waals surface area (Å²) in [5.41, 5.74) is 16.3. The van der Waals surface area contributed by atoms with Gasteiger partial charge in [0.25, 0.3) is 0 Å². The fraction of sp³-hybridized carbons (Fsp3) is 0.962. The molecular formula is C26H48N4O14. The number of carbonyl (C=O) groups is 1. The monoisotopic (exact) mass is 640 g/mol. The maximum absolute atomic E-state index is 13.0. The van der Waals surface area contributed by atoms with Crippen molar-refractivity contribution >= 4 is 5.78 Å². The molecule has 0 aromatic heterocycles. The van der Waals surface area contributed by atoms with Gasteiger partial charge in [0.1, 0.15) is 60.5 Å². The molecule has 0 aromatic rings. The first-order chi connectivity index (χ1) is 20.7. The first kappa shape index (κ1) is 35.8. The van der Waals surface area contributed by atoms with Crippen molar-refractivity contribution in [1.29, 1.82) is 0 Å². The molecular weight excluding hydrogens is 592 g/mol. The highest BCUT2D eigenvalue weighted by Gasteiger charge is 2.58. The van der Waals surface area contributed by atoms with Crippen molar-refractivity contribution in [3.8, 4) is 0 Å². The Morgan fingerprint density at radius 3 is 2.07 bits per heavy atom. The zero-order valence-corrected chi connectivity index (χ0v) is 24.2. The summed E-state index contributed by atoms with van der Waals surface area (Å²) < 4.78 is 23.1. The van der Waals surface area contributed by atoms with Gasteiger partial charge in [0.2, 0.25) is 0 Å². The number of nitrogens with two attached hydrogens (primary N) is 3. The molecule has 0 aromatic carbocycles. The molecule has 2 saturated carbocycles. The summed E-state index contributed by atoms with van der Waals surface area (Å²) in [5.74, 6) is -1.48. The van der Waals surface area contributed by atoms with Crippen molar-refractivity contribution in [3.05, 3.63) is 0 Å². The van der Waals surface area contributed by atoms with Crippen LogP contribution in [0.4, 0.5) is 0 Å². The van der Waals surface area contributed by atoms with E-state index in [4.69, 9.17) is 41.3 Å². The van der Waals surface area contributed by atoms with Crippen LogP contribution in [0.25, 0.3) is 0 Å². The van der Waals surface area contributed by atoms with Gasteiger partial charge >= 0.3 is 0 Å². The van der Waals surface area contributed by atoms with E-state index in [-0.39, 0.29) is 32.4 Å². The normalized spacial score (nSPS) is 49.5. The molecule has 2 saturated heterocycles. The Morgan fingerprint density at radius 2 is 1.45 bits per heavy atom. The molecule has 0 spiro atoms. The molecule has 4 fully saturated rings. The first-order valence-electron chi connectivity index (χ1n) is 14.9. The Hall–Kier alpha value is -1.01. The first-order valence-corrected chi connectivity index (χ1v) is 14.9. The molecule has 0 bridgehead atoms. The van der Waals surface area contributed by atoms with E-state index in [9.17, 15) is 45.6 Å². The number of aliphatic hydroxyl groups is 9. The molecule has 0 amide bonds. The minimum atomic E-state index is -1.75. The van der Waals surface area contributed by atoms with Crippen LogP contribution in [0.2, 0.25) is 0 Å². The number of hydrogen-bond acceptors (Lipinski definition) is 18. The SMILES string of the molecule is NC1CC1(O)C(=O)C[C@@H]1C[C@H](N)C(O[C@H]2O[C@H](CNCCCO)[C@@H](O)[C@H](O)[C@H]2O)[C@H](O)[C@H]1O[C@H]1O[C@H](CO)[C@@H](O)[C@H](N)[C@H]1O. The molecule has 4 aliphatic rings. The molecule has 2 aliphatic heterocycles. The van der Waals surface area contributed by atoms with Crippen molar-refractivity contribution in [2.24, 2.45) is 23.1 Å². The van der Waals surface area contributed by atoms with Crippen LogP contribution in [-0.4, -0.2) is 175 Å². The Balaban J connectivity index is 1.53. The predicted molar refractivity (Wildman–Crippen MR) is 146 cm³/mol. The van der Waals surface area contributed by atoms with E-state index in [1.807, 2.05) is 0 Å². The van der Waals surface area contributed by atoms with Crippen molar-refractivity contribution < 1.29 is 69.7 Å². The lowest BCUT2D eigenvalue weighted by molar-refractivity contribution is -0.335. The van der Waals surface area contributed by atoms with Gasteiger partial charge in [-0.25, -0.2) is 0 Å². The van der Waals surface area contributed by atoms with E-state index in [1.54, 1.807) is 0 Å². The third-order valence-corrected chi connectivity index (χ3v) is 9.10. The number of hydrogen-bond donors (Lipinski definition) is 13. The second-order valence-corrected chi connectivity index (χ2v) is 12.3. The number of ether oxygens (including phenoxy) is 4. The van der Waals surface area contributed by atoms with Gasteiger partial charge in [0, 0.05) is 38.1 Å². The largest absolute Gasteiger partial charge is 0.396 e. The third kappa shape index (κ3) is 7.42. The Bertz CT molecular complexity index is 954. The zero-order valence-electron chi connectivity index (χ0n) is 24.2. The van der Waals surface area contributed by atoms with Crippen LogP contribution in [0, 0.1) is 5.92 Å². The van der Waals surface area contributed by atoms with Gasteiger partial charge in [-0.05, 0) is 25.3 Å². The van der Waals surface area contributed by atoms with Crippen molar-refractivity contribution in [3.63, 3.8) is 0 Å². The molecule has 0 radical (unpaired) electrons. The summed E-state index contributed by atoms with van der Waals surface area (Å²) in [5, 5.41) is 96.0. The minimum absolute atomic E-state index is 0.0279. The molecule has 18 nitrogen and oxygen atoms in total. The second-order valence-electron chi connectivity index (χ2n) is 12.3. The number of rotatable bonds is 13. The highest BCUT2D eigenvalue weighted by Crippen LogP contribution is 2.41. The summed E-state index contributed by atoms with van der Waals surface area (Å²) >= 11 is 0. The van der Waals surface area contributed by atoms with Crippen molar-refractivity contribution in [2.75, 3.05) is 26.3 Å². The van der Waals surface area contributed by atoms with Crippen LogP contribution in [0.1, 0.15) is 25.7 Å². The number of nitrogens with one attached hydrogen (secondary N) is 1. The number of Topliss-reactive ketones (excluding diaryl/α,β-unsaturated/α-hetero) is 1. The summed E-state index contributed by atoms with van der Waals surface area (Å²) in [6.07, 6.45) is -17.7. The van der Waals surface area contributed by atoms with Gasteiger partial charge in [0.05, 0.1) is 18.8 Å². The van der Waals surface area contributed by atoms with Crippen LogP contribution >= 0.6 is 0 Å². The molecule has 256 valence electrons. The molecule has 2 aliphatic carbocycles. The Morgan fingerprint density at radius 1 is 0.841 bits per heavy atom. The number of aliphatic hydroxyl groups excluding tert-OH is 8. The van der Waals surface area contributed by atoms with Crippen molar-refractivity contribution in [1.82, 2.24) is 5.32 Å². The standard InChI is InChI=1S/C26H48N4O14/c27-10-4-9(5-14(33)26(40)6-13(26)28)22(43-24-18(36)15(29)16(34)12(8-32)42-24)21(39)23(10)44-25-20(38)19(37)17(35)11(41-25)7-30-2-1-3-31/h9-13,15-25,30-32,34-40H,1-8,27-29H2/t9-,10-,11+,12+,13?,15-,16+,17+,18+,19-,20+,21+,22-,23?,24+,25+,26?/m0/s1. The minimum Gasteiger partial charge on any atom is -0.396 e. The lowest BCUT2D eigenvalue weighted by atomic mass is 9.76. The summed E-state index contributed by atoms with van der Waals surface area (Å²) in [6, 6.07) is -3.05.